The zero-order valence-electron chi connectivity index (χ0n) is 15.6. The topological polar surface area (TPSA) is 84.6 Å². The van der Waals surface area contributed by atoms with Crippen LogP contribution < -0.4 is 5.43 Å². The maximum absolute atomic E-state index is 12.3. The summed E-state index contributed by atoms with van der Waals surface area (Å²) in [6, 6.07) is 20.5. The lowest BCUT2D eigenvalue weighted by Crippen LogP contribution is -2.20. The molecule has 0 bridgehead atoms. The van der Waals surface area contributed by atoms with Crippen LogP contribution in [0, 0.1) is 10.1 Å². The van der Waals surface area contributed by atoms with Crippen LogP contribution in [0.15, 0.2) is 71.8 Å². The summed E-state index contributed by atoms with van der Waals surface area (Å²) in [7, 11) is 0. The maximum atomic E-state index is 12.3. The molecule has 1 amide bonds. The molecule has 1 aliphatic carbocycles. The number of non-ortho nitro benzene ring substituents is 1. The number of nitrogens with one attached hydrogen (secondary N) is 1. The van der Waals surface area contributed by atoms with Crippen LogP contribution in [0.3, 0.4) is 0 Å². The quantitative estimate of drug-likeness (QED) is 0.326. The summed E-state index contributed by atoms with van der Waals surface area (Å²) < 4.78 is 0. The largest absolute Gasteiger partial charge is 0.272 e. The minimum Gasteiger partial charge on any atom is -0.272 e. The lowest BCUT2D eigenvalue weighted by atomic mass is 10.1. The zero-order chi connectivity index (χ0) is 21.1. The van der Waals surface area contributed by atoms with E-state index in [1.165, 1.54) is 58.4 Å². The molecule has 6 nitrogen and oxygen atoms in total. The molecule has 0 saturated heterocycles. The van der Waals surface area contributed by atoms with Gasteiger partial charge in [-0.2, -0.15) is 5.10 Å². The average molecular weight is 438 g/mol. The minimum absolute atomic E-state index is 0.0818. The molecule has 0 unspecified atom stereocenters. The van der Waals surface area contributed by atoms with E-state index in [2.05, 4.69) is 34.8 Å². The Kier molecular flexibility index (Phi) is 5.83. The Morgan fingerprint density at radius 2 is 1.73 bits per heavy atom. The molecule has 0 fully saturated rings. The SMILES string of the molecule is O=C(CSC1c2ccccc2-c2ccccc21)N/N=C\c1cc([N+](=O)[O-])ccc1Cl. The van der Waals surface area contributed by atoms with E-state index in [4.69, 9.17) is 11.6 Å². The zero-order valence-corrected chi connectivity index (χ0v) is 17.2. The van der Waals surface area contributed by atoms with Gasteiger partial charge in [0.2, 0.25) is 5.91 Å². The van der Waals surface area contributed by atoms with Crippen molar-refractivity contribution in [3.63, 3.8) is 0 Å². The fourth-order valence-electron chi connectivity index (χ4n) is 3.40. The number of nitro groups is 1. The van der Waals surface area contributed by atoms with E-state index in [1.807, 2.05) is 24.3 Å². The van der Waals surface area contributed by atoms with Gasteiger partial charge in [-0.3, -0.25) is 14.9 Å². The van der Waals surface area contributed by atoms with E-state index in [-0.39, 0.29) is 22.6 Å². The van der Waals surface area contributed by atoms with Crippen molar-refractivity contribution in [2.75, 3.05) is 5.75 Å². The molecular weight excluding hydrogens is 422 g/mol. The molecule has 8 heteroatoms. The van der Waals surface area contributed by atoms with Crippen LogP contribution in [0.5, 0.6) is 0 Å². The van der Waals surface area contributed by atoms with E-state index in [0.717, 1.165) is 0 Å². The van der Waals surface area contributed by atoms with Crippen LogP contribution in [0.2, 0.25) is 5.02 Å². The summed E-state index contributed by atoms with van der Waals surface area (Å²) in [6.45, 7) is 0. The van der Waals surface area contributed by atoms with Crippen LogP contribution in [-0.4, -0.2) is 22.8 Å². The van der Waals surface area contributed by atoms with Gasteiger partial charge in [0.05, 0.1) is 22.1 Å². The second-order valence-electron chi connectivity index (χ2n) is 6.62. The lowest BCUT2D eigenvalue weighted by molar-refractivity contribution is -0.384. The number of nitro benzene ring substituents is 1. The number of amides is 1. The summed E-state index contributed by atoms with van der Waals surface area (Å²) >= 11 is 7.56. The van der Waals surface area contributed by atoms with Gasteiger partial charge in [0.1, 0.15) is 0 Å². The Morgan fingerprint density at radius 3 is 2.37 bits per heavy atom. The van der Waals surface area contributed by atoms with Gasteiger partial charge in [0, 0.05) is 22.7 Å². The number of hydrazone groups is 1. The molecule has 0 radical (unpaired) electrons. The molecule has 1 N–H and O–H groups in total. The van der Waals surface area contributed by atoms with Gasteiger partial charge < -0.3 is 0 Å². The second-order valence-corrected chi connectivity index (χ2v) is 8.12. The van der Waals surface area contributed by atoms with Gasteiger partial charge in [-0.15, -0.1) is 11.8 Å². The van der Waals surface area contributed by atoms with Gasteiger partial charge in [-0.05, 0) is 28.3 Å². The van der Waals surface area contributed by atoms with Crippen molar-refractivity contribution in [1.82, 2.24) is 5.43 Å². The van der Waals surface area contributed by atoms with Crippen LogP contribution in [0.4, 0.5) is 5.69 Å². The summed E-state index contributed by atoms with van der Waals surface area (Å²) in [5.41, 5.74) is 7.51. The predicted octanol–water partition coefficient (Wildman–Crippen LogP) is 5.20. The van der Waals surface area contributed by atoms with Crippen molar-refractivity contribution in [2.45, 2.75) is 5.25 Å². The molecule has 1 aliphatic rings. The number of benzene rings is 3. The number of fused-ring (bicyclic) bond motifs is 3. The third-order valence-corrected chi connectivity index (χ3v) is 6.36. The average Bonchev–Trinajstić information content (AvgIpc) is 3.07. The predicted molar refractivity (Wildman–Crippen MR) is 120 cm³/mol. The number of hydrogen-bond donors (Lipinski definition) is 1. The number of halogens is 1. The molecule has 0 heterocycles. The number of rotatable bonds is 6. The highest BCUT2D eigenvalue weighted by Gasteiger charge is 2.28. The monoisotopic (exact) mass is 437 g/mol. The number of hydrogen-bond acceptors (Lipinski definition) is 5. The Morgan fingerprint density at radius 1 is 1.10 bits per heavy atom. The van der Waals surface area contributed by atoms with E-state index < -0.39 is 4.92 Å². The van der Waals surface area contributed by atoms with Crippen molar-refractivity contribution < 1.29 is 9.72 Å². The molecule has 0 saturated carbocycles. The first-order valence-electron chi connectivity index (χ1n) is 9.10. The molecule has 3 aromatic rings. The van der Waals surface area contributed by atoms with Crippen LogP contribution in [0.25, 0.3) is 11.1 Å². The van der Waals surface area contributed by atoms with Crippen molar-refractivity contribution >= 4 is 41.2 Å². The van der Waals surface area contributed by atoms with E-state index >= 15 is 0 Å². The third kappa shape index (κ3) is 4.08. The second kappa shape index (κ2) is 8.69. The van der Waals surface area contributed by atoms with Crippen LogP contribution in [0.1, 0.15) is 21.9 Å². The Hall–Kier alpha value is -3.16. The van der Waals surface area contributed by atoms with Gasteiger partial charge in [-0.25, -0.2) is 5.43 Å². The summed E-state index contributed by atoms with van der Waals surface area (Å²) in [4.78, 5) is 22.7. The van der Waals surface area contributed by atoms with E-state index in [0.29, 0.717) is 10.6 Å². The van der Waals surface area contributed by atoms with Gasteiger partial charge in [0.25, 0.3) is 5.69 Å². The minimum atomic E-state index is -0.514. The molecule has 0 spiro atoms. The number of carbonyl (C=O) groups is 1. The van der Waals surface area contributed by atoms with Crippen molar-refractivity contribution in [3.05, 3.63) is 98.6 Å². The Labute approximate surface area is 182 Å². The van der Waals surface area contributed by atoms with E-state index in [1.54, 1.807) is 0 Å². The summed E-state index contributed by atoms with van der Waals surface area (Å²) in [5, 5.41) is 15.2. The molecular formula is C22H16ClN3O3S. The molecule has 150 valence electrons. The first-order chi connectivity index (χ1) is 14.5. The Bertz CT molecular complexity index is 1120. The highest BCUT2D eigenvalue weighted by Crippen LogP contribution is 2.49. The highest BCUT2D eigenvalue weighted by molar-refractivity contribution is 8.00. The van der Waals surface area contributed by atoms with Crippen LogP contribution >= 0.6 is 23.4 Å². The fourth-order valence-corrected chi connectivity index (χ4v) is 4.72. The van der Waals surface area contributed by atoms with Gasteiger partial charge in [-0.1, -0.05) is 60.1 Å². The van der Waals surface area contributed by atoms with Gasteiger partial charge >= 0.3 is 0 Å². The summed E-state index contributed by atoms with van der Waals surface area (Å²) in [6.07, 6.45) is 1.30. The molecule has 0 atom stereocenters. The molecule has 3 aromatic carbocycles. The molecule has 4 rings (SSSR count). The highest BCUT2D eigenvalue weighted by atomic mass is 35.5. The van der Waals surface area contributed by atoms with Gasteiger partial charge in [0.15, 0.2) is 0 Å². The third-order valence-electron chi connectivity index (χ3n) is 4.74. The molecule has 0 aliphatic heterocycles. The number of carbonyl (C=O) groups excluding carboxylic acids is 1. The standard InChI is InChI=1S/C22H16ClN3O3S/c23-20-10-9-15(26(28)29)11-14(20)12-24-25-21(27)13-30-22-18-7-3-1-5-16(18)17-6-2-4-8-19(17)22/h1-12,22H,13H2,(H,25,27)/b24-12-. The lowest BCUT2D eigenvalue weighted by Gasteiger charge is -2.12. The maximum Gasteiger partial charge on any atom is 0.270 e. The molecule has 30 heavy (non-hydrogen) atoms. The smallest absolute Gasteiger partial charge is 0.270 e. The van der Waals surface area contributed by atoms with Crippen molar-refractivity contribution in [2.24, 2.45) is 5.10 Å². The normalized spacial score (nSPS) is 12.6. The number of nitrogens with zero attached hydrogens (tertiary/aromatic N) is 2. The summed E-state index contributed by atoms with van der Waals surface area (Å²) in [5.74, 6) is -0.0486. The number of thioether (sulfide) groups is 1. The Balaban J connectivity index is 1.41. The molecule has 0 aromatic heterocycles. The van der Waals surface area contributed by atoms with Crippen molar-refractivity contribution in [1.29, 1.82) is 0 Å². The van der Waals surface area contributed by atoms with Crippen molar-refractivity contribution in [3.8, 4) is 11.1 Å². The fraction of sp³-hybridized carbons (Fsp3) is 0.0909. The first kappa shape index (κ1) is 20.1. The van der Waals surface area contributed by atoms with Crippen LogP contribution in [-0.2, 0) is 4.79 Å². The van der Waals surface area contributed by atoms with E-state index in [9.17, 15) is 14.9 Å². The first-order valence-corrected chi connectivity index (χ1v) is 10.5.